The number of hydrogen-bond acceptors (Lipinski definition) is 5. The second-order valence-corrected chi connectivity index (χ2v) is 5.52. The van der Waals surface area contributed by atoms with E-state index in [4.69, 9.17) is 5.11 Å². The predicted octanol–water partition coefficient (Wildman–Crippen LogP) is 0.902. The minimum Gasteiger partial charge on any atom is -0.480 e. The molecule has 2 N–H and O–H groups in total. The van der Waals surface area contributed by atoms with Gasteiger partial charge >= 0.3 is 5.97 Å². The van der Waals surface area contributed by atoms with Crippen LogP contribution < -0.4 is 5.32 Å². The molecule has 0 bridgehead atoms. The van der Waals surface area contributed by atoms with Gasteiger partial charge in [-0.1, -0.05) is 18.6 Å². The molecule has 0 spiro atoms. The molecular weight excluding hydrogens is 280 g/mol. The number of nitrogens with one attached hydrogen (secondary N) is 1. The average Bonchev–Trinajstić information content (AvgIpc) is 2.83. The zero-order valence-corrected chi connectivity index (χ0v) is 12.4. The van der Waals surface area contributed by atoms with Crippen LogP contribution in [0.5, 0.6) is 0 Å². The number of unbranched alkanes of at least 4 members (excludes halogenated alkanes) is 1. The molecule has 0 saturated heterocycles. The van der Waals surface area contributed by atoms with E-state index in [0.717, 1.165) is 11.5 Å². The Labute approximate surface area is 122 Å². The molecule has 0 fully saturated rings. The SMILES string of the molecule is CCCCSCCC(=O)NCc1cn(CC(=O)O)nn1. The van der Waals surface area contributed by atoms with Crippen LogP contribution in [0.3, 0.4) is 0 Å². The zero-order chi connectivity index (χ0) is 14.8. The number of thioether (sulfide) groups is 1. The first kappa shape index (κ1) is 16.5. The van der Waals surface area contributed by atoms with Crippen molar-refractivity contribution in [1.29, 1.82) is 0 Å². The van der Waals surface area contributed by atoms with Crippen molar-refractivity contribution >= 4 is 23.6 Å². The summed E-state index contributed by atoms with van der Waals surface area (Å²) in [5, 5.41) is 18.8. The molecule has 0 aliphatic carbocycles. The van der Waals surface area contributed by atoms with Crippen LogP contribution in [-0.4, -0.2) is 43.5 Å². The van der Waals surface area contributed by atoms with E-state index in [0.29, 0.717) is 12.1 Å². The number of nitrogens with zero attached hydrogens (tertiary/aromatic N) is 3. The molecular formula is C12H20N4O3S. The lowest BCUT2D eigenvalue weighted by molar-refractivity contribution is -0.138. The molecule has 1 aromatic rings. The number of rotatable bonds is 10. The van der Waals surface area contributed by atoms with Gasteiger partial charge in [0.15, 0.2) is 0 Å². The number of aliphatic carboxylic acids is 1. The van der Waals surface area contributed by atoms with E-state index in [1.54, 1.807) is 11.8 Å². The molecule has 7 nitrogen and oxygen atoms in total. The Morgan fingerprint density at radius 2 is 2.25 bits per heavy atom. The number of hydrogen-bond donors (Lipinski definition) is 2. The molecule has 0 atom stereocenters. The van der Waals surface area contributed by atoms with Gasteiger partial charge in [-0.25, -0.2) is 4.68 Å². The molecule has 0 aliphatic heterocycles. The number of carboxylic acid groups (broad SMARTS) is 1. The van der Waals surface area contributed by atoms with Gasteiger partial charge in [0.1, 0.15) is 12.2 Å². The summed E-state index contributed by atoms with van der Waals surface area (Å²) in [7, 11) is 0. The summed E-state index contributed by atoms with van der Waals surface area (Å²) in [6, 6.07) is 0. The summed E-state index contributed by atoms with van der Waals surface area (Å²) in [4.78, 5) is 22.0. The van der Waals surface area contributed by atoms with Gasteiger partial charge in [0.2, 0.25) is 5.91 Å². The minimum absolute atomic E-state index is 0.0261. The normalized spacial score (nSPS) is 10.4. The molecule has 0 saturated carbocycles. The fourth-order valence-electron chi connectivity index (χ4n) is 1.43. The van der Waals surface area contributed by atoms with E-state index < -0.39 is 5.97 Å². The van der Waals surface area contributed by atoms with Crippen molar-refractivity contribution in [3.8, 4) is 0 Å². The highest BCUT2D eigenvalue weighted by atomic mass is 32.2. The van der Waals surface area contributed by atoms with Gasteiger partial charge in [0.25, 0.3) is 0 Å². The minimum atomic E-state index is -0.977. The third-order valence-electron chi connectivity index (χ3n) is 2.47. The summed E-state index contributed by atoms with van der Waals surface area (Å²) in [5.41, 5.74) is 0.554. The quantitative estimate of drug-likeness (QED) is 0.623. The average molecular weight is 300 g/mol. The summed E-state index contributed by atoms with van der Waals surface area (Å²) in [5.74, 6) is 0.904. The molecule has 112 valence electrons. The Balaban J connectivity index is 2.17. The first-order valence-corrected chi connectivity index (χ1v) is 7.72. The van der Waals surface area contributed by atoms with Gasteiger partial charge < -0.3 is 10.4 Å². The predicted molar refractivity (Wildman–Crippen MR) is 76.4 cm³/mol. The molecule has 8 heteroatoms. The number of aromatic nitrogens is 3. The van der Waals surface area contributed by atoms with Crippen LogP contribution in [0.2, 0.25) is 0 Å². The molecule has 0 aliphatic rings. The van der Waals surface area contributed by atoms with E-state index in [-0.39, 0.29) is 19.0 Å². The molecule has 1 rings (SSSR count). The number of amides is 1. The van der Waals surface area contributed by atoms with Crippen LogP contribution >= 0.6 is 11.8 Å². The summed E-state index contributed by atoms with van der Waals surface area (Å²) in [6.07, 6.45) is 4.35. The molecule has 0 radical (unpaired) electrons. The highest BCUT2D eigenvalue weighted by Gasteiger charge is 2.06. The third-order valence-corrected chi connectivity index (χ3v) is 3.54. The van der Waals surface area contributed by atoms with E-state index in [2.05, 4.69) is 22.6 Å². The Morgan fingerprint density at radius 1 is 1.45 bits per heavy atom. The fraction of sp³-hybridized carbons (Fsp3) is 0.667. The lowest BCUT2D eigenvalue weighted by Gasteiger charge is -2.02. The van der Waals surface area contributed by atoms with Crippen LogP contribution in [0.25, 0.3) is 0 Å². The van der Waals surface area contributed by atoms with Crippen molar-refractivity contribution in [3.63, 3.8) is 0 Å². The second kappa shape index (κ2) is 9.35. The van der Waals surface area contributed by atoms with E-state index in [1.807, 2.05) is 0 Å². The van der Waals surface area contributed by atoms with E-state index in [1.165, 1.54) is 23.7 Å². The van der Waals surface area contributed by atoms with E-state index in [9.17, 15) is 9.59 Å². The van der Waals surface area contributed by atoms with Gasteiger partial charge in [-0.3, -0.25) is 9.59 Å². The molecule has 1 aromatic heterocycles. The maximum atomic E-state index is 11.6. The van der Waals surface area contributed by atoms with Crippen LogP contribution in [0.1, 0.15) is 31.9 Å². The van der Waals surface area contributed by atoms with Crippen molar-refractivity contribution in [1.82, 2.24) is 20.3 Å². The summed E-state index contributed by atoms with van der Waals surface area (Å²) < 4.78 is 1.23. The number of carbonyl (C=O) groups is 2. The fourth-order valence-corrected chi connectivity index (χ4v) is 2.45. The molecule has 1 amide bonds. The summed E-state index contributed by atoms with van der Waals surface area (Å²) in [6.45, 7) is 2.19. The highest BCUT2D eigenvalue weighted by molar-refractivity contribution is 7.99. The number of carboxylic acids is 1. The molecule has 20 heavy (non-hydrogen) atoms. The lowest BCUT2D eigenvalue weighted by atomic mass is 10.4. The maximum absolute atomic E-state index is 11.6. The zero-order valence-electron chi connectivity index (χ0n) is 11.5. The standard InChI is InChI=1S/C12H20N4O3S/c1-2-3-5-20-6-4-11(17)13-7-10-8-16(15-14-10)9-12(18)19/h8H,2-7,9H2,1H3,(H,13,17)(H,18,19). The Morgan fingerprint density at radius 3 is 2.95 bits per heavy atom. The monoisotopic (exact) mass is 300 g/mol. The smallest absolute Gasteiger partial charge is 0.325 e. The van der Waals surface area contributed by atoms with Gasteiger partial charge in [-0.2, -0.15) is 11.8 Å². The van der Waals surface area contributed by atoms with Crippen molar-refractivity contribution in [2.45, 2.75) is 39.3 Å². The first-order valence-electron chi connectivity index (χ1n) is 6.57. The van der Waals surface area contributed by atoms with Gasteiger partial charge in [0, 0.05) is 12.2 Å². The molecule has 0 aromatic carbocycles. The van der Waals surface area contributed by atoms with Crippen LogP contribution in [0, 0.1) is 0 Å². The van der Waals surface area contributed by atoms with Crippen molar-refractivity contribution in [2.24, 2.45) is 0 Å². The van der Waals surface area contributed by atoms with Crippen molar-refractivity contribution in [3.05, 3.63) is 11.9 Å². The summed E-state index contributed by atoms with van der Waals surface area (Å²) >= 11 is 1.78. The van der Waals surface area contributed by atoms with Gasteiger partial charge in [0.05, 0.1) is 12.7 Å². The lowest BCUT2D eigenvalue weighted by Crippen LogP contribution is -2.23. The Kier molecular flexibility index (Phi) is 7.71. The highest BCUT2D eigenvalue weighted by Crippen LogP contribution is 2.05. The largest absolute Gasteiger partial charge is 0.480 e. The van der Waals surface area contributed by atoms with Crippen molar-refractivity contribution < 1.29 is 14.7 Å². The van der Waals surface area contributed by atoms with Crippen LogP contribution in [0.4, 0.5) is 0 Å². The Bertz CT molecular complexity index is 436. The van der Waals surface area contributed by atoms with Crippen LogP contribution in [-0.2, 0) is 22.7 Å². The van der Waals surface area contributed by atoms with Gasteiger partial charge in [-0.05, 0) is 12.2 Å². The van der Waals surface area contributed by atoms with Crippen molar-refractivity contribution in [2.75, 3.05) is 11.5 Å². The second-order valence-electron chi connectivity index (χ2n) is 4.29. The van der Waals surface area contributed by atoms with Crippen LogP contribution in [0.15, 0.2) is 6.20 Å². The Hall–Kier alpha value is -1.57. The topological polar surface area (TPSA) is 97.1 Å². The van der Waals surface area contributed by atoms with Gasteiger partial charge in [-0.15, -0.1) is 5.10 Å². The maximum Gasteiger partial charge on any atom is 0.325 e. The number of carbonyl (C=O) groups excluding carboxylic acids is 1. The molecule has 1 heterocycles. The first-order chi connectivity index (χ1) is 9.61. The van der Waals surface area contributed by atoms with E-state index >= 15 is 0 Å². The third kappa shape index (κ3) is 7.13. The molecule has 0 unspecified atom stereocenters.